The van der Waals surface area contributed by atoms with Crippen molar-refractivity contribution < 1.29 is 13.2 Å². The van der Waals surface area contributed by atoms with Crippen LogP contribution in [-0.2, 0) is 16.4 Å². The molecule has 0 fully saturated rings. The molecule has 138 valence electrons. The Morgan fingerprint density at radius 2 is 1.44 bits per heavy atom. The quantitative estimate of drug-likeness (QED) is 0.666. The van der Waals surface area contributed by atoms with E-state index in [0.717, 1.165) is 23.1 Å². The van der Waals surface area contributed by atoms with Crippen molar-refractivity contribution in [1.82, 2.24) is 0 Å². The largest absolute Gasteiger partial charge is 0.304 e. The third kappa shape index (κ3) is 4.63. The smallest absolute Gasteiger partial charge is 0.258 e. The highest BCUT2D eigenvalue weighted by molar-refractivity contribution is 7.90. The van der Waals surface area contributed by atoms with Gasteiger partial charge in [-0.05, 0) is 48.9 Å². The van der Waals surface area contributed by atoms with Crippen molar-refractivity contribution in [2.45, 2.75) is 18.4 Å². The molecule has 3 aromatic rings. The fraction of sp³-hybridized carbons (Fsp3) is 0.136. The topological polar surface area (TPSA) is 54.5 Å². The van der Waals surface area contributed by atoms with Gasteiger partial charge in [-0.1, -0.05) is 48.0 Å². The van der Waals surface area contributed by atoms with E-state index >= 15 is 0 Å². The van der Waals surface area contributed by atoms with Gasteiger partial charge in [0.1, 0.15) is 0 Å². The van der Waals surface area contributed by atoms with Crippen LogP contribution in [0.25, 0.3) is 0 Å². The van der Waals surface area contributed by atoms with E-state index in [9.17, 15) is 13.2 Å². The summed E-state index contributed by atoms with van der Waals surface area (Å²) in [7, 11) is -3.30. The van der Waals surface area contributed by atoms with Gasteiger partial charge in [0.2, 0.25) is 0 Å². The number of rotatable bonds is 5. The average molecular weight is 379 g/mol. The second kappa shape index (κ2) is 7.76. The second-order valence-electron chi connectivity index (χ2n) is 6.51. The van der Waals surface area contributed by atoms with Gasteiger partial charge >= 0.3 is 0 Å². The van der Waals surface area contributed by atoms with Crippen molar-refractivity contribution in [3.05, 3.63) is 95.6 Å². The molecule has 5 heteroatoms. The molecule has 3 aromatic carbocycles. The van der Waals surface area contributed by atoms with Crippen LogP contribution >= 0.6 is 0 Å². The molecule has 0 atom stereocenters. The molecular weight excluding hydrogens is 358 g/mol. The summed E-state index contributed by atoms with van der Waals surface area (Å²) in [6, 6.07) is 23.6. The summed E-state index contributed by atoms with van der Waals surface area (Å²) in [5, 5.41) is 0. The number of amides is 1. The first-order valence-electron chi connectivity index (χ1n) is 8.57. The zero-order valence-corrected chi connectivity index (χ0v) is 16.1. The van der Waals surface area contributed by atoms with Gasteiger partial charge in [-0.2, -0.15) is 0 Å². The molecule has 0 unspecified atom stereocenters. The normalized spacial score (nSPS) is 11.2. The highest BCUT2D eigenvalue weighted by atomic mass is 32.2. The number of hydrogen-bond acceptors (Lipinski definition) is 3. The lowest BCUT2D eigenvalue weighted by atomic mass is 10.1. The van der Waals surface area contributed by atoms with Crippen molar-refractivity contribution in [1.29, 1.82) is 0 Å². The summed E-state index contributed by atoms with van der Waals surface area (Å²) >= 11 is 0. The zero-order chi connectivity index (χ0) is 19.4. The molecule has 0 aromatic heterocycles. The minimum atomic E-state index is -3.30. The van der Waals surface area contributed by atoms with Crippen LogP contribution in [0.4, 0.5) is 5.69 Å². The molecule has 0 saturated heterocycles. The Bertz CT molecular complexity index is 1030. The molecule has 0 bridgehead atoms. The first-order valence-corrected chi connectivity index (χ1v) is 10.5. The van der Waals surface area contributed by atoms with E-state index in [-0.39, 0.29) is 10.8 Å². The highest BCUT2D eigenvalue weighted by Gasteiger charge is 2.19. The predicted octanol–water partition coefficient (Wildman–Crippen LogP) is 4.25. The number of hydrogen-bond donors (Lipinski definition) is 0. The van der Waals surface area contributed by atoms with Crippen LogP contribution in [0.1, 0.15) is 21.5 Å². The SMILES string of the molecule is Cc1ccc(N(Cc2ccccc2)C(=O)c2ccc(S(C)(=O)=O)cc2)cc1. The van der Waals surface area contributed by atoms with Gasteiger partial charge in [0.15, 0.2) is 9.84 Å². The van der Waals surface area contributed by atoms with Crippen LogP contribution in [0.2, 0.25) is 0 Å². The number of benzene rings is 3. The third-order valence-corrected chi connectivity index (χ3v) is 5.43. The minimum Gasteiger partial charge on any atom is -0.304 e. The van der Waals surface area contributed by atoms with E-state index < -0.39 is 9.84 Å². The Kier molecular flexibility index (Phi) is 5.42. The van der Waals surface area contributed by atoms with Crippen molar-refractivity contribution in [3.8, 4) is 0 Å². The fourth-order valence-electron chi connectivity index (χ4n) is 2.77. The molecule has 0 aliphatic heterocycles. The molecule has 27 heavy (non-hydrogen) atoms. The number of aryl methyl sites for hydroxylation is 1. The van der Waals surface area contributed by atoms with E-state index in [4.69, 9.17) is 0 Å². The first kappa shape index (κ1) is 18.9. The summed E-state index contributed by atoms with van der Waals surface area (Å²) in [5.74, 6) is -0.178. The monoisotopic (exact) mass is 379 g/mol. The van der Waals surface area contributed by atoms with E-state index in [1.807, 2.05) is 61.5 Å². The molecule has 0 aliphatic carbocycles. The van der Waals surface area contributed by atoms with Crippen LogP contribution in [0.5, 0.6) is 0 Å². The van der Waals surface area contributed by atoms with Crippen LogP contribution in [0.3, 0.4) is 0 Å². The third-order valence-electron chi connectivity index (χ3n) is 4.30. The van der Waals surface area contributed by atoms with Gasteiger partial charge in [-0.15, -0.1) is 0 Å². The number of sulfone groups is 1. The number of nitrogens with zero attached hydrogens (tertiary/aromatic N) is 1. The summed E-state index contributed by atoms with van der Waals surface area (Å²) in [4.78, 5) is 15.1. The summed E-state index contributed by atoms with van der Waals surface area (Å²) in [6.07, 6.45) is 1.15. The lowest BCUT2D eigenvalue weighted by molar-refractivity contribution is 0.0985. The lowest BCUT2D eigenvalue weighted by Crippen LogP contribution is -2.30. The number of anilines is 1. The number of carbonyl (C=O) groups excluding carboxylic acids is 1. The van der Waals surface area contributed by atoms with Gasteiger partial charge < -0.3 is 4.90 Å². The van der Waals surface area contributed by atoms with Gasteiger partial charge in [-0.3, -0.25) is 4.79 Å². The van der Waals surface area contributed by atoms with Gasteiger partial charge in [0.05, 0.1) is 11.4 Å². The van der Waals surface area contributed by atoms with Crippen molar-refractivity contribution in [2.24, 2.45) is 0 Å². The molecule has 1 amide bonds. The maximum Gasteiger partial charge on any atom is 0.258 e. The molecular formula is C22H21NO3S. The van der Waals surface area contributed by atoms with Crippen LogP contribution < -0.4 is 4.90 Å². The van der Waals surface area contributed by atoms with Crippen LogP contribution in [0, 0.1) is 6.92 Å². The maximum absolute atomic E-state index is 13.2. The predicted molar refractivity (Wildman–Crippen MR) is 108 cm³/mol. The standard InChI is InChI=1S/C22H21NO3S/c1-17-8-12-20(13-9-17)23(16-18-6-4-3-5-7-18)22(24)19-10-14-21(15-11-19)27(2,25)26/h3-15H,16H2,1-2H3. The van der Waals surface area contributed by atoms with Gasteiger partial charge in [0, 0.05) is 17.5 Å². The molecule has 0 heterocycles. The van der Waals surface area contributed by atoms with Gasteiger partial charge in [-0.25, -0.2) is 8.42 Å². The Morgan fingerprint density at radius 3 is 2.00 bits per heavy atom. The van der Waals surface area contributed by atoms with Crippen LogP contribution in [-0.4, -0.2) is 20.6 Å². The van der Waals surface area contributed by atoms with Crippen molar-refractivity contribution in [3.63, 3.8) is 0 Å². The average Bonchev–Trinajstić information content (AvgIpc) is 2.67. The Labute approximate surface area is 160 Å². The van der Waals surface area contributed by atoms with Crippen LogP contribution in [0.15, 0.2) is 83.8 Å². The summed E-state index contributed by atoms with van der Waals surface area (Å²) < 4.78 is 23.3. The van der Waals surface area contributed by atoms with Crippen molar-refractivity contribution >= 4 is 21.4 Å². The summed E-state index contributed by atoms with van der Waals surface area (Å²) in [5.41, 5.74) is 3.36. The van der Waals surface area contributed by atoms with E-state index in [0.29, 0.717) is 12.1 Å². The minimum absolute atomic E-state index is 0.178. The van der Waals surface area contributed by atoms with Crippen molar-refractivity contribution in [2.75, 3.05) is 11.2 Å². The Hall–Kier alpha value is -2.92. The molecule has 0 radical (unpaired) electrons. The zero-order valence-electron chi connectivity index (χ0n) is 15.3. The molecule has 0 N–H and O–H groups in total. The molecule has 0 aliphatic rings. The maximum atomic E-state index is 13.2. The first-order chi connectivity index (χ1) is 12.8. The summed E-state index contributed by atoms with van der Waals surface area (Å²) in [6.45, 7) is 2.42. The van der Waals surface area contributed by atoms with E-state index in [2.05, 4.69) is 0 Å². The van der Waals surface area contributed by atoms with Gasteiger partial charge in [0.25, 0.3) is 5.91 Å². The molecule has 0 saturated carbocycles. The molecule has 0 spiro atoms. The fourth-order valence-corrected chi connectivity index (χ4v) is 3.40. The Balaban J connectivity index is 1.96. The molecule has 3 rings (SSSR count). The Morgan fingerprint density at radius 1 is 0.852 bits per heavy atom. The molecule has 4 nitrogen and oxygen atoms in total. The van der Waals surface area contributed by atoms with E-state index in [1.165, 1.54) is 12.1 Å². The lowest BCUT2D eigenvalue weighted by Gasteiger charge is -2.23. The van der Waals surface area contributed by atoms with E-state index in [1.54, 1.807) is 17.0 Å². The number of carbonyl (C=O) groups is 1. The second-order valence-corrected chi connectivity index (χ2v) is 8.52. The highest BCUT2D eigenvalue weighted by Crippen LogP contribution is 2.22.